The van der Waals surface area contributed by atoms with E-state index in [4.69, 9.17) is 0 Å². The van der Waals surface area contributed by atoms with E-state index >= 15 is 0 Å². The number of carbonyl (C=O) groups is 1. The zero-order valence-electron chi connectivity index (χ0n) is 12.8. The molecule has 25 heavy (non-hydrogen) atoms. The molecule has 0 heterocycles. The van der Waals surface area contributed by atoms with Gasteiger partial charge in [0.25, 0.3) is 0 Å². The number of alkyl halides is 3. The number of Topliss-reactive ketones (excluding diaryl/α,β-unsaturated/α-hetero) is 1. The van der Waals surface area contributed by atoms with Gasteiger partial charge in [-0.25, -0.2) is 4.39 Å². The summed E-state index contributed by atoms with van der Waals surface area (Å²) in [5.74, 6) is -2.27. The molecule has 1 atom stereocenters. The van der Waals surface area contributed by atoms with Crippen molar-refractivity contribution in [2.24, 2.45) is 0 Å². The predicted molar refractivity (Wildman–Crippen MR) is 81.4 cm³/mol. The van der Waals surface area contributed by atoms with Crippen LogP contribution in [0.4, 0.5) is 17.6 Å². The van der Waals surface area contributed by atoms with Gasteiger partial charge in [0.2, 0.25) is 6.54 Å². The first kappa shape index (κ1) is 18.6. The number of hydrogen-bond acceptors (Lipinski definition) is 3. The van der Waals surface area contributed by atoms with Crippen LogP contribution < -0.4 is 0 Å². The van der Waals surface area contributed by atoms with Crippen LogP contribution in [0.2, 0.25) is 0 Å². The molecule has 0 aliphatic carbocycles. The molecule has 0 amide bonds. The number of rotatable bonds is 6. The maximum absolute atomic E-state index is 13.2. The Labute approximate surface area is 140 Å². The van der Waals surface area contributed by atoms with Gasteiger partial charge in [-0.3, -0.25) is 14.9 Å². The molecule has 0 fully saturated rings. The van der Waals surface area contributed by atoms with Crippen molar-refractivity contribution >= 4 is 5.78 Å². The maximum atomic E-state index is 13.2. The van der Waals surface area contributed by atoms with Crippen molar-refractivity contribution in [1.29, 1.82) is 0 Å². The van der Waals surface area contributed by atoms with Crippen molar-refractivity contribution in [3.05, 3.63) is 81.2 Å². The molecule has 0 aliphatic heterocycles. The molecule has 132 valence electrons. The number of nitrogens with zero attached hydrogens (tertiary/aromatic N) is 1. The molecule has 2 aromatic carbocycles. The summed E-state index contributed by atoms with van der Waals surface area (Å²) in [6, 6.07) is 8.88. The van der Waals surface area contributed by atoms with Crippen molar-refractivity contribution in [3.63, 3.8) is 0 Å². The van der Waals surface area contributed by atoms with Crippen molar-refractivity contribution in [3.8, 4) is 0 Å². The molecule has 8 heteroatoms. The summed E-state index contributed by atoms with van der Waals surface area (Å²) in [6.45, 7) is -0.706. The molecular formula is C17H13F4NO3. The fraction of sp³-hybridized carbons (Fsp3) is 0.235. The molecule has 0 spiro atoms. The van der Waals surface area contributed by atoms with Gasteiger partial charge in [0.05, 0.1) is 11.5 Å². The predicted octanol–water partition coefficient (Wildman–Crippen LogP) is 4.48. The van der Waals surface area contributed by atoms with Gasteiger partial charge in [-0.05, 0) is 23.8 Å². The van der Waals surface area contributed by atoms with Gasteiger partial charge >= 0.3 is 6.18 Å². The molecule has 0 saturated carbocycles. The third-order valence-electron chi connectivity index (χ3n) is 3.63. The molecule has 0 bridgehead atoms. The van der Waals surface area contributed by atoms with E-state index in [1.165, 1.54) is 18.2 Å². The van der Waals surface area contributed by atoms with Gasteiger partial charge in [-0.1, -0.05) is 30.3 Å². The average molecular weight is 355 g/mol. The fourth-order valence-electron chi connectivity index (χ4n) is 2.44. The zero-order valence-corrected chi connectivity index (χ0v) is 12.8. The monoisotopic (exact) mass is 355 g/mol. The highest BCUT2D eigenvalue weighted by Gasteiger charge is 2.32. The third-order valence-corrected chi connectivity index (χ3v) is 3.63. The Bertz CT molecular complexity index is 789. The van der Waals surface area contributed by atoms with Crippen LogP contribution in [-0.4, -0.2) is 17.3 Å². The molecule has 0 N–H and O–H groups in total. The Hall–Kier alpha value is -2.77. The Morgan fingerprint density at radius 2 is 1.80 bits per heavy atom. The topological polar surface area (TPSA) is 60.2 Å². The minimum atomic E-state index is -4.60. The summed E-state index contributed by atoms with van der Waals surface area (Å²) in [5, 5.41) is 10.8. The van der Waals surface area contributed by atoms with Gasteiger partial charge in [0, 0.05) is 16.9 Å². The second-order valence-electron chi connectivity index (χ2n) is 5.47. The number of hydrogen-bond donors (Lipinski definition) is 0. The molecule has 1 unspecified atom stereocenters. The lowest BCUT2D eigenvalue weighted by Crippen LogP contribution is -2.17. The summed E-state index contributed by atoms with van der Waals surface area (Å²) < 4.78 is 51.7. The van der Waals surface area contributed by atoms with Crippen LogP contribution in [0.15, 0.2) is 48.5 Å². The molecule has 0 aliphatic rings. The number of halogens is 4. The van der Waals surface area contributed by atoms with Crippen molar-refractivity contribution in [2.75, 3.05) is 6.54 Å². The lowest BCUT2D eigenvalue weighted by Gasteiger charge is -2.15. The van der Waals surface area contributed by atoms with E-state index in [-0.39, 0.29) is 11.1 Å². The first-order chi connectivity index (χ1) is 11.7. The number of nitro groups is 1. The van der Waals surface area contributed by atoms with Gasteiger partial charge in [0.15, 0.2) is 5.78 Å². The Morgan fingerprint density at radius 3 is 2.40 bits per heavy atom. The lowest BCUT2D eigenvalue weighted by atomic mass is 9.90. The average Bonchev–Trinajstić information content (AvgIpc) is 2.53. The molecule has 0 saturated heterocycles. The Kier molecular flexibility index (Phi) is 5.51. The van der Waals surface area contributed by atoms with Gasteiger partial charge in [-0.15, -0.1) is 0 Å². The highest BCUT2D eigenvalue weighted by molar-refractivity contribution is 5.96. The quantitative estimate of drug-likeness (QED) is 0.332. The Balaban J connectivity index is 2.30. The molecule has 2 aromatic rings. The largest absolute Gasteiger partial charge is 0.416 e. The van der Waals surface area contributed by atoms with E-state index in [1.807, 2.05) is 0 Å². The van der Waals surface area contributed by atoms with Crippen molar-refractivity contribution in [2.45, 2.75) is 18.5 Å². The van der Waals surface area contributed by atoms with E-state index in [9.17, 15) is 32.5 Å². The zero-order chi connectivity index (χ0) is 18.6. The van der Waals surface area contributed by atoms with Gasteiger partial charge in [-0.2, -0.15) is 13.2 Å². The molecule has 0 aromatic heterocycles. The van der Waals surface area contributed by atoms with Crippen LogP contribution in [0.25, 0.3) is 0 Å². The minimum Gasteiger partial charge on any atom is -0.294 e. The van der Waals surface area contributed by atoms with Crippen LogP contribution in [-0.2, 0) is 6.18 Å². The summed E-state index contributed by atoms with van der Waals surface area (Å²) in [5.41, 5.74) is -0.895. The van der Waals surface area contributed by atoms with Crippen molar-refractivity contribution in [1.82, 2.24) is 0 Å². The summed E-state index contributed by atoms with van der Waals surface area (Å²) >= 11 is 0. The first-order valence-corrected chi connectivity index (χ1v) is 7.24. The number of carbonyl (C=O) groups excluding carboxylic acids is 1. The van der Waals surface area contributed by atoms with E-state index in [1.54, 1.807) is 0 Å². The van der Waals surface area contributed by atoms with E-state index in [0.29, 0.717) is 0 Å². The Morgan fingerprint density at radius 1 is 1.12 bits per heavy atom. The van der Waals surface area contributed by atoms with Crippen LogP contribution in [0.5, 0.6) is 0 Å². The standard InChI is InChI=1S/C17H13F4NO3/c18-15-6-2-4-12(8-15)16(23)9-13(10-22(24)25)11-3-1-5-14(7-11)17(19,20)21/h1-8,13H,9-10H2. The molecule has 4 nitrogen and oxygen atoms in total. The lowest BCUT2D eigenvalue weighted by molar-refractivity contribution is -0.483. The maximum Gasteiger partial charge on any atom is 0.416 e. The van der Waals surface area contributed by atoms with Crippen LogP contribution in [0, 0.1) is 15.9 Å². The second-order valence-corrected chi connectivity index (χ2v) is 5.47. The number of benzene rings is 2. The molecular weight excluding hydrogens is 342 g/mol. The summed E-state index contributed by atoms with van der Waals surface area (Å²) in [6.07, 6.45) is -4.99. The highest BCUT2D eigenvalue weighted by Crippen LogP contribution is 2.32. The smallest absolute Gasteiger partial charge is 0.294 e. The molecule has 2 rings (SSSR count). The molecule has 0 radical (unpaired) electrons. The van der Waals surface area contributed by atoms with Crippen LogP contribution in [0.3, 0.4) is 0 Å². The van der Waals surface area contributed by atoms with Crippen molar-refractivity contribution < 1.29 is 27.3 Å². The summed E-state index contributed by atoms with van der Waals surface area (Å²) in [4.78, 5) is 22.4. The normalized spacial score (nSPS) is 12.6. The number of ketones is 1. The first-order valence-electron chi connectivity index (χ1n) is 7.24. The van der Waals surface area contributed by atoms with Gasteiger partial charge in [0.1, 0.15) is 5.82 Å². The van der Waals surface area contributed by atoms with Gasteiger partial charge < -0.3 is 0 Å². The highest BCUT2D eigenvalue weighted by atomic mass is 19.4. The third kappa shape index (κ3) is 5.10. The fourth-order valence-corrected chi connectivity index (χ4v) is 2.44. The van der Waals surface area contributed by atoms with E-state index in [2.05, 4.69) is 0 Å². The van der Waals surface area contributed by atoms with Crippen LogP contribution >= 0.6 is 0 Å². The van der Waals surface area contributed by atoms with E-state index < -0.39 is 47.1 Å². The van der Waals surface area contributed by atoms with E-state index in [0.717, 1.165) is 30.3 Å². The summed E-state index contributed by atoms with van der Waals surface area (Å²) in [7, 11) is 0. The second kappa shape index (κ2) is 7.42. The minimum absolute atomic E-state index is 0.0142. The van der Waals surface area contributed by atoms with Crippen LogP contribution in [0.1, 0.15) is 33.8 Å². The SMILES string of the molecule is O=C(CC(C[N+](=O)[O-])c1cccc(C(F)(F)F)c1)c1cccc(F)c1.